The van der Waals surface area contributed by atoms with Crippen molar-refractivity contribution >= 4 is 43.5 Å². The fraction of sp³-hybridized carbons (Fsp3) is 0.0435. The van der Waals surface area contributed by atoms with E-state index in [4.69, 9.17) is 4.42 Å². The number of rotatable bonds is 4. The first-order valence-corrected chi connectivity index (χ1v) is 16.2. The van der Waals surface area contributed by atoms with Gasteiger partial charge in [0, 0.05) is 16.3 Å². The molecule has 9 aromatic rings. The number of fused-ring (bicyclic) bond motifs is 6. The number of furan rings is 1. The molecule has 222 valence electrons. The van der Waals surface area contributed by atoms with E-state index in [1.165, 1.54) is 76.8 Å². The molecule has 0 saturated carbocycles. The van der Waals surface area contributed by atoms with Gasteiger partial charge in [-0.1, -0.05) is 127 Å². The van der Waals surface area contributed by atoms with E-state index < -0.39 is 0 Å². The van der Waals surface area contributed by atoms with Gasteiger partial charge in [0.1, 0.15) is 11.2 Å². The number of hydrogen-bond acceptors (Lipinski definition) is 1. The lowest BCUT2D eigenvalue weighted by Gasteiger charge is -2.12. The number of hydrogen-bond donors (Lipinski definition) is 0. The van der Waals surface area contributed by atoms with E-state index in [0.717, 1.165) is 22.3 Å². The second-order valence-electron chi connectivity index (χ2n) is 12.7. The van der Waals surface area contributed by atoms with E-state index in [-0.39, 0.29) is 0 Å². The van der Waals surface area contributed by atoms with E-state index in [1.807, 2.05) is 0 Å². The van der Waals surface area contributed by atoms with Crippen LogP contribution in [0.5, 0.6) is 0 Å². The molecule has 9 rings (SSSR count). The van der Waals surface area contributed by atoms with E-state index >= 15 is 0 Å². The maximum Gasteiger partial charge on any atom is 0.143 e. The fourth-order valence-electron chi connectivity index (χ4n) is 7.21. The summed E-state index contributed by atoms with van der Waals surface area (Å²) in [6, 6.07) is 57.3. The standard InChI is InChI=1S/C46H32O/c1-29-14-23-45-43(24-29)44-26-30(2)25-42(46(44)47-45)36-10-7-9-35(27-36)33-17-15-31(16-18-33)32-19-21-34(22-20-32)41-28-37-8-3-4-11-38(37)39-12-5-6-13-40(39)41/h3-28H,1-2H3. The molecule has 47 heavy (non-hydrogen) atoms. The second kappa shape index (κ2) is 10.9. The van der Waals surface area contributed by atoms with Crippen LogP contribution in [-0.4, -0.2) is 0 Å². The average molecular weight is 601 g/mol. The summed E-state index contributed by atoms with van der Waals surface area (Å²) in [5.41, 5.74) is 13.9. The van der Waals surface area contributed by atoms with Crippen LogP contribution in [0.4, 0.5) is 0 Å². The Labute approximate surface area is 274 Å². The highest BCUT2D eigenvalue weighted by atomic mass is 16.3. The molecule has 8 aromatic carbocycles. The van der Waals surface area contributed by atoms with Crippen LogP contribution >= 0.6 is 0 Å². The highest BCUT2D eigenvalue weighted by Gasteiger charge is 2.15. The van der Waals surface area contributed by atoms with Crippen LogP contribution in [0.1, 0.15) is 11.1 Å². The number of benzene rings is 8. The maximum atomic E-state index is 6.43. The maximum absolute atomic E-state index is 6.43. The van der Waals surface area contributed by atoms with Crippen LogP contribution in [0.15, 0.2) is 162 Å². The molecule has 0 N–H and O–H groups in total. The van der Waals surface area contributed by atoms with Crippen LogP contribution in [0.3, 0.4) is 0 Å². The zero-order chi connectivity index (χ0) is 31.5. The first kappa shape index (κ1) is 27.4. The average Bonchev–Trinajstić information content (AvgIpc) is 3.48. The van der Waals surface area contributed by atoms with Crippen molar-refractivity contribution in [2.75, 3.05) is 0 Å². The molecule has 0 unspecified atom stereocenters. The van der Waals surface area contributed by atoms with Crippen molar-refractivity contribution in [3.63, 3.8) is 0 Å². The molecule has 1 heterocycles. The van der Waals surface area contributed by atoms with Gasteiger partial charge in [0.2, 0.25) is 0 Å². The van der Waals surface area contributed by atoms with Crippen molar-refractivity contribution < 1.29 is 4.42 Å². The molecular weight excluding hydrogens is 569 g/mol. The Morgan fingerprint density at radius 2 is 0.957 bits per heavy atom. The molecule has 0 amide bonds. The summed E-state index contributed by atoms with van der Waals surface area (Å²) in [6.45, 7) is 4.29. The Morgan fingerprint density at radius 1 is 0.340 bits per heavy atom. The topological polar surface area (TPSA) is 13.1 Å². The lowest BCUT2D eigenvalue weighted by atomic mass is 9.92. The minimum Gasteiger partial charge on any atom is -0.455 e. The van der Waals surface area contributed by atoms with Gasteiger partial charge >= 0.3 is 0 Å². The largest absolute Gasteiger partial charge is 0.455 e. The zero-order valence-electron chi connectivity index (χ0n) is 26.4. The molecule has 0 aliphatic rings. The van der Waals surface area contributed by atoms with Crippen LogP contribution in [0.2, 0.25) is 0 Å². The summed E-state index contributed by atoms with van der Waals surface area (Å²) >= 11 is 0. The Bertz CT molecular complexity index is 2620. The third-order valence-electron chi connectivity index (χ3n) is 9.56. The summed E-state index contributed by atoms with van der Waals surface area (Å²) in [6.07, 6.45) is 0. The lowest BCUT2D eigenvalue weighted by molar-refractivity contribution is 0.670. The monoisotopic (exact) mass is 600 g/mol. The van der Waals surface area contributed by atoms with E-state index in [2.05, 4.69) is 172 Å². The minimum atomic E-state index is 0.933. The lowest BCUT2D eigenvalue weighted by Crippen LogP contribution is -1.86. The number of aryl methyl sites for hydroxylation is 2. The first-order chi connectivity index (χ1) is 23.1. The van der Waals surface area contributed by atoms with Crippen molar-refractivity contribution in [3.05, 3.63) is 169 Å². The van der Waals surface area contributed by atoms with Gasteiger partial charge in [0.05, 0.1) is 0 Å². The molecule has 0 saturated heterocycles. The van der Waals surface area contributed by atoms with E-state index in [1.54, 1.807) is 0 Å². The summed E-state index contributed by atoms with van der Waals surface area (Å²) in [7, 11) is 0. The summed E-state index contributed by atoms with van der Waals surface area (Å²) < 4.78 is 6.43. The molecule has 0 aliphatic heterocycles. The van der Waals surface area contributed by atoms with Gasteiger partial charge < -0.3 is 4.42 Å². The predicted octanol–water partition coefficient (Wildman–Crippen LogP) is 13.2. The molecule has 0 atom stereocenters. The summed E-state index contributed by atoms with van der Waals surface area (Å²) in [5, 5.41) is 7.50. The highest BCUT2D eigenvalue weighted by Crippen LogP contribution is 2.39. The van der Waals surface area contributed by atoms with Crippen molar-refractivity contribution in [3.8, 4) is 44.5 Å². The fourth-order valence-corrected chi connectivity index (χ4v) is 7.21. The molecule has 1 nitrogen and oxygen atoms in total. The van der Waals surface area contributed by atoms with Crippen molar-refractivity contribution in [1.82, 2.24) is 0 Å². The third kappa shape index (κ3) is 4.71. The van der Waals surface area contributed by atoms with Crippen LogP contribution < -0.4 is 0 Å². The van der Waals surface area contributed by atoms with Gasteiger partial charge in [0.15, 0.2) is 0 Å². The molecule has 1 aromatic heterocycles. The van der Waals surface area contributed by atoms with Gasteiger partial charge in [0.25, 0.3) is 0 Å². The zero-order valence-corrected chi connectivity index (χ0v) is 26.4. The Morgan fingerprint density at radius 3 is 1.72 bits per heavy atom. The van der Waals surface area contributed by atoms with Crippen LogP contribution in [-0.2, 0) is 0 Å². The van der Waals surface area contributed by atoms with Crippen LogP contribution in [0.25, 0.3) is 88.0 Å². The van der Waals surface area contributed by atoms with Gasteiger partial charge in [-0.15, -0.1) is 0 Å². The van der Waals surface area contributed by atoms with Gasteiger partial charge in [-0.05, 0) is 116 Å². The van der Waals surface area contributed by atoms with Gasteiger partial charge in [-0.3, -0.25) is 0 Å². The SMILES string of the molecule is Cc1ccc2oc3c(-c4cccc(-c5ccc(-c6ccc(-c7cc8ccccc8c8ccccc78)cc6)cc5)c4)cc(C)cc3c2c1. The summed E-state index contributed by atoms with van der Waals surface area (Å²) in [5.74, 6) is 0. The molecule has 0 spiro atoms. The normalized spacial score (nSPS) is 11.6. The quantitative estimate of drug-likeness (QED) is 0.183. The smallest absolute Gasteiger partial charge is 0.143 e. The van der Waals surface area contributed by atoms with E-state index in [9.17, 15) is 0 Å². The van der Waals surface area contributed by atoms with Gasteiger partial charge in [-0.25, -0.2) is 0 Å². The minimum absolute atomic E-state index is 0.933. The molecule has 0 radical (unpaired) electrons. The molecule has 0 aliphatic carbocycles. The predicted molar refractivity (Wildman–Crippen MR) is 200 cm³/mol. The Balaban J connectivity index is 1.04. The second-order valence-corrected chi connectivity index (χ2v) is 12.7. The molecular formula is C46H32O. The highest BCUT2D eigenvalue weighted by molar-refractivity contribution is 6.14. The molecule has 1 heteroatoms. The third-order valence-corrected chi connectivity index (χ3v) is 9.56. The van der Waals surface area contributed by atoms with Crippen molar-refractivity contribution in [2.45, 2.75) is 13.8 Å². The Hall–Kier alpha value is -5.92. The van der Waals surface area contributed by atoms with Gasteiger partial charge in [-0.2, -0.15) is 0 Å². The Kier molecular flexibility index (Phi) is 6.33. The summed E-state index contributed by atoms with van der Waals surface area (Å²) in [4.78, 5) is 0. The van der Waals surface area contributed by atoms with Crippen molar-refractivity contribution in [2.24, 2.45) is 0 Å². The molecule has 0 bridgehead atoms. The van der Waals surface area contributed by atoms with Crippen molar-refractivity contribution in [1.29, 1.82) is 0 Å². The van der Waals surface area contributed by atoms with Crippen LogP contribution in [0, 0.1) is 13.8 Å². The van der Waals surface area contributed by atoms with E-state index in [0.29, 0.717) is 0 Å². The molecule has 0 fully saturated rings. The first-order valence-electron chi connectivity index (χ1n) is 16.2.